The van der Waals surface area contributed by atoms with E-state index in [1.165, 1.54) is 30.5 Å². The van der Waals surface area contributed by atoms with Gasteiger partial charge in [-0.25, -0.2) is 0 Å². The van der Waals surface area contributed by atoms with Gasteiger partial charge in [-0.15, -0.1) is 13.2 Å². The molecule has 0 aliphatic carbocycles. The zero-order valence-electron chi connectivity index (χ0n) is 24.1. The molecule has 1 saturated heterocycles. The largest absolute Gasteiger partial charge is 0.573 e. The Hall–Kier alpha value is -5.14. The fraction of sp³-hybridized carbons (Fsp3) is 0.323. The first kappa shape index (κ1) is 29.9. The van der Waals surface area contributed by atoms with Crippen molar-refractivity contribution in [3.05, 3.63) is 94.7 Å². The van der Waals surface area contributed by atoms with Crippen molar-refractivity contribution in [3.8, 4) is 23.3 Å². The molecule has 0 bridgehead atoms. The third kappa shape index (κ3) is 7.69. The van der Waals surface area contributed by atoms with Crippen LogP contribution in [0.4, 0.5) is 30.4 Å². The van der Waals surface area contributed by atoms with Crippen molar-refractivity contribution in [2.24, 2.45) is 0 Å². The van der Waals surface area contributed by atoms with E-state index in [1.807, 2.05) is 48.5 Å². The van der Waals surface area contributed by atoms with Gasteiger partial charge < -0.3 is 38.9 Å². The number of imidazole rings is 1. The predicted octanol–water partition coefficient (Wildman–Crippen LogP) is 5.83. The molecule has 2 aliphatic rings. The molecule has 0 spiro atoms. The normalized spacial score (nSPS) is 16.5. The molecule has 0 radical (unpaired) electrons. The number of hydrogen-bond acceptors (Lipinski definition) is 9. The van der Waals surface area contributed by atoms with Crippen LogP contribution in [-0.2, 0) is 13.2 Å². The van der Waals surface area contributed by atoms with Crippen LogP contribution in [0.25, 0.3) is 0 Å². The van der Waals surface area contributed by atoms with E-state index >= 15 is 0 Å². The number of rotatable bonds is 10. The predicted molar refractivity (Wildman–Crippen MR) is 158 cm³/mol. The SMILES string of the molecule is O=[N+]([O-])c1cn2c(n1)O[C@@H](COc1ccc(N3CCN(c4ccc(COc5ccc(OC(F)(F)F)cc5)cc4)CC3)cc1)CC2. The highest BCUT2D eigenvalue weighted by Gasteiger charge is 2.31. The fourth-order valence-corrected chi connectivity index (χ4v) is 5.21. The summed E-state index contributed by atoms with van der Waals surface area (Å²) in [5, 5.41) is 11.0. The zero-order valence-corrected chi connectivity index (χ0v) is 24.1. The van der Waals surface area contributed by atoms with Crippen LogP contribution >= 0.6 is 0 Å². The highest BCUT2D eigenvalue weighted by Crippen LogP contribution is 2.28. The maximum Gasteiger partial charge on any atom is 0.573 e. The Bertz CT molecular complexity index is 1590. The molecule has 2 aliphatic heterocycles. The highest BCUT2D eigenvalue weighted by atomic mass is 19.4. The molecule has 11 nitrogen and oxygen atoms in total. The molecule has 4 aromatic rings. The zero-order chi connectivity index (χ0) is 31.4. The van der Waals surface area contributed by atoms with Crippen LogP contribution in [0.1, 0.15) is 12.0 Å². The minimum Gasteiger partial charge on any atom is -0.490 e. The van der Waals surface area contributed by atoms with Gasteiger partial charge in [-0.3, -0.25) is 4.57 Å². The summed E-state index contributed by atoms with van der Waals surface area (Å²) in [6.45, 7) is 4.61. The van der Waals surface area contributed by atoms with Gasteiger partial charge in [-0.05, 0) is 71.2 Å². The standard InChI is InChI=1S/C31H30F3N5O6/c32-31(33,34)45-27-11-9-26(10-12-27)42-20-22-1-3-23(4-2-22)36-15-17-37(18-16-36)24-5-7-25(8-6-24)43-21-28-13-14-38-19-29(39(40)41)35-30(38)44-28/h1-12,19,28H,13-18,20-21H2/t28-/m1/s1. The summed E-state index contributed by atoms with van der Waals surface area (Å²) >= 11 is 0. The van der Waals surface area contributed by atoms with Gasteiger partial charge in [0.15, 0.2) is 0 Å². The van der Waals surface area contributed by atoms with Crippen molar-refractivity contribution in [3.63, 3.8) is 0 Å². The summed E-state index contributed by atoms with van der Waals surface area (Å²) < 4.78 is 59.9. The summed E-state index contributed by atoms with van der Waals surface area (Å²) in [5.74, 6) is 0.654. The van der Waals surface area contributed by atoms with Crippen molar-refractivity contribution in [1.29, 1.82) is 0 Å². The summed E-state index contributed by atoms with van der Waals surface area (Å²) in [6, 6.07) is 21.6. The minimum atomic E-state index is -4.73. The van der Waals surface area contributed by atoms with Crippen LogP contribution < -0.4 is 28.7 Å². The average Bonchev–Trinajstić information content (AvgIpc) is 3.48. The second kappa shape index (κ2) is 12.8. The van der Waals surface area contributed by atoms with E-state index in [2.05, 4.69) is 19.5 Å². The number of ether oxygens (including phenoxy) is 4. The molecule has 14 heteroatoms. The van der Waals surface area contributed by atoms with Gasteiger partial charge in [-0.2, -0.15) is 0 Å². The molecule has 3 heterocycles. The van der Waals surface area contributed by atoms with Crippen LogP contribution in [0, 0.1) is 10.1 Å². The highest BCUT2D eigenvalue weighted by molar-refractivity contribution is 5.53. The number of anilines is 2. The second-order valence-corrected chi connectivity index (χ2v) is 10.6. The Morgan fingerprint density at radius 2 is 1.38 bits per heavy atom. The monoisotopic (exact) mass is 625 g/mol. The molecule has 45 heavy (non-hydrogen) atoms. The van der Waals surface area contributed by atoms with Crippen molar-refractivity contribution in [2.45, 2.75) is 32.0 Å². The summed E-state index contributed by atoms with van der Waals surface area (Å²) in [7, 11) is 0. The van der Waals surface area contributed by atoms with E-state index in [0.717, 1.165) is 48.9 Å². The smallest absolute Gasteiger partial charge is 0.490 e. The lowest BCUT2D eigenvalue weighted by molar-refractivity contribution is -0.389. The van der Waals surface area contributed by atoms with Crippen molar-refractivity contribution < 1.29 is 37.0 Å². The van der Waals surface area contributed by atoms with Crippen LogP contribution in [0.2, 0.25) is 0 Å². The lowest BCUT2D eigenvalue weighted by Crippen LogP contribution is -2.46. The third-order valence-electron chi connectivity index (χ3n) is 7.56. The van der Waals surface area contributed by atoms with Crippen molar-refractivity contribution in [1.82, 2.24) is 9.55 Å². The molecule has 1 aromatic heterocycles. The molecule has 1 atom stereocenters. The van der Waals surface area contributed by atoms with Crippen LogP contribution in [0.15, 0.2) is 79.0 Å². The number of fused-ring (bicyclic) bond motifs is 1. The molecule has 3 aromatic carbocycles. The van der Waals surface area contributed by atoms with Gasteiger partial charge in [0.25, 0.3) is 0 Å². The van der Waals surface area contributed by atoms with Crippen molar-refractivity contribution >= 4 is 17.2 Å². The van der Waals surface area contributed by atoms with E-state index in [-0.39, 0.29) is 30.3 Å². The Labute approximate surface area is 256 Å². The maximum absolute atomic E-state index is 12.3. The van der Waals surface area contributed by atoms with Crippen LogP contribution in [0.5, 0.6) is 23.3 Å². The molecule has 0 amide bonds. The summed E-state index contributed by atoms with van der Waals surface area (Å²) in [4.78, 5) is 19.0. The maximum atomic E-state index is 12.3. The first-order valence-electron chi connectivity index (χ1n) is 14.4. The molecule has 6 rings (SSSR count). The van der Waals surface area contributed by atoms with Crippen molar-refractivity contribution in [2.75, 3.05) is 42.6 Å². The molecule has 0 saturated carbocycles. The Morgan fingerprint density at radius 3 is 1.98 bits per heavy atom. The lowest BCUT2D eigenvalue weighted by Gasteiger charge is -2.37. The number of piperazine rings is 1. The quantitative estimate of drug-likeness (QED) is 0.159. The summed E-state index contributed by atoms with van der Waals surface area (Å²) in [5.41, 5.74) is 3.16. The van der Waals surface area contributed by atoms with Crippen LogP contribution in [-0.4, -0.2) is 59.7 Å². The third-order valence-corrected chi connectivity index (χ3v) is 7.56. The van der Waals surface area contributed by atoms with Gasteiger partial charge in [0, 0.05) is 55.5 Å². The Morgan fingerprint density at radius 1 is 0.822 bits per heavy atom. The average molecular weight is 626 g/mol. The number of hydrogen-bond donors (Lipinski definition) is 0. The number of nitrogens with zero attached hydrogens (tertiary/aromatic N) is 5. The molecule has 236 valence electrons. The van der Waals surface area contributed by atoms with Gasteiger partial charge in [0.2, 0.25) is 0 Å². The number of alkyl halides is 3. The van der Waals surface area contributed by atoms with Crippen LogP contribution in [0.3, 0.4) is 0 Å². The van der Waals surface area contributed by atoms with E-state index in [1.54, 1.807) is 4.57 Å². The molecule has 1 fully saturated rings. The minimum absolute atomic E-state index is 0.224. The number of aromatic nitrogens is 2. The van der Waals surface area contributed by atoms with Gasteiger partial charge in [-0.1, -0.05) is 12.1 Å². The van der Waals surface area contributed by atoms with E-state index in [9.17, 15) is 23.3 Å². The molecular weight excluding hydrogens is 595 g/mol. The summed E-state index contributed by atoms with van der Waals surface area (Å²) in [6.07, 6.45) is -2.91. The van der Waals surface area contributed by atoms with E-state index in [4.69, 9.17) is 14.2 Å². The van der Waals surface area contributed by atoms with Gasteiger partial charge >= 0.3 is 18.2 Å². The van der Waals surface area contributed by atoms with Gasteiger partial charge in [0.1, 0.15) is 42.8 Å². The fourth-order valence-electron chi connectivity index (χ4n) is 5.21. The lowest BCUT2D eigenvalue weighted by atomic mass is 10.1. The van der Waals surface area contributed by atoms with Gasteiger partial charge in [0.05, 0.1) is 0 Å². The molecule has 0 unspecified atom stereocenters. The number of aryl methyl sites for hydroxylation is 1. The molecular formula is C31H30F3N5O6. The number of nitro groups is 1. The number of benzene rings is 3. The van der Waals surface area contributed by atoms with E-state index < -0.39 is 11.3 Å². The topological polar surface area (TPSA) is 104 Å². The molecule has 0 N–H and O–H groups in total. The Balaban J connectivity index is 0.932. The van der Waals surface area contributed by atoms with E-state index in [0.29, 0.717) is 25.3 Å². The Kier molecular flexibility index (Phi) is 8.54. The first-order valence-corrected chi connectivity index (χ1v) is 14.4. The second-order valence-electron chi connectivity index (χ2n) is 10.6. The number of halogens is 3. The first-order chi connectivity index (χ1) is 21.7.